The van der Waals surface area contributed by atoms with Crippen molar-refractivity contribution >= 4 is 11.6 Å². The number of nitrogen functional groups attached to an aromatic ring is 1. The van der Waals surface area contributed by atoms with Crippen LogP contribution < -0.4 is 5.73 Å². The van der Waals surface area contributed by atoms with Crippen molar-refractivity contribution in [2.75, 3.05) is 18.8 Å². The zero-order valence-corrected chi connectivity index (χ0v) is 9.15. The molecule has 0 aliphatic carbocycles. The number of amides is 1. The van der Waals surface area contributed by atoms with Gasteiger partial charge in [0.25, 0.3) is 5.91 Å². The van der Waals surface area contributed by atoms with Gasteiger partial charge in [-0.1, -0.05) is 0 Å². The van der Waals surface area contributed by atoms with Gasteiger partial charge in [0, 0.05) is 18.7 Å². The molecule has 4 nitrogen and oxygen atoms in total. The van der Waals surface area contributed by atoms with Crippen molar-refractivity contribution in [1.29, 1.82) is 0 Å². The van der Waals surface area contributed by atoms with E-state index in [1.165, 1.54) is 18.6 Å². The zero-order valence-electron chi connectivity index (χ0n) is 9.15. The number of rotatable bonds is 1. The minimum absolute atomic E-state index is 0.00593. The van der Waals surface area contributed by atoms with E-state index in [9.17, 15) is 9.90 Å². The summed E-state index contributed by atoms with van der Waals surface area (Å²) >= 11 is 0. The number of nitrogens with zero attached hydrogens (tertiary/aromatic N) is 1. The molecule has 1 fully saturated rings. The zero-order chi connectivity index (χ0) is 11.5. The van der Waals surface area contributed by atoms with Crippen LogP contribution in [0.15, 0.2) is 18.2 Å². The van der Waals surface area contributed by atoms with E-state index >= 15 is 0 Å². The fourth-order valence-electron chi connectivity index (χ4n) is 1.97. The molecule has 0 radical (unpaired) electrons. The van der Waals surface area contributed by atoms with Gasteiger partial charge in [0.05, 0.1) is 5.69 Å². The average molecular weight is 220 g/mol. The van der Waals surface area contributed by atoms with Crippen molar-refractivity contribution in [2.45, 2.75) is 19.3 Å². The lowest BCUT2D eigenvalue weighted by Gasteiger charge is -2.26. The van der Waals surface area contributed by atoms with E-state index in [0.29, 0.717) is 5.56 Å². The molecule has 1 saturated heterocycles. The summed E-state index contributed by atoms with van der Waals surface area (Å²) in [6, 6.07) is 4.61. The van der Waals surface area contributed by atoms with E-state index in [1.54, 1.807) is 6.07 Å². The second kappa shape index (κ2) is 4.43. The van der Waals surface area contributed by atoms with E-state index in [1.807, 2.05) is 4.90 Å². The smallest absolute Gasteiger partial charge is 0.253 e. The normalized spacial score (nSPS) is 16.1. The first-order valence-electron chi connectivity index (χ1n) is 5.56. The van der Waals surface area contributed by atoms with Crippen LogP contribution in [0.2, 0.25) is 0 Å². The summed E-state index contributed by atoms with van der Waals surface area (Å²) in [4.78, 5) is 13.9. The number of carbonyl (C=O) groups is 1. The molecule has 2 rings (SSSR count). The van der Waals surface area contributed by atoms with Crippen LogP contribution in [0, 0.1) is 0 Å². The van der Waals surface area contributed by atoms with Crippen molar-refractivity contribution < 1.29 is 9.90 Å². The van der Waals surface area contributed by atoms with Crippen molar-refractivity contribution in [3.05, 3.63) is 23.8 Å². The fraction of sp³-hybridized carbons (Fsp3) is 0.417. The molecule has 1 aliphatic heterocycles. The van der Waals surface area contributed by atoms with Gasteiger partial charge in [0.1, 0.15) is 5.75 Å². The van der Waals surface area contributed by atoms with Gasteiger partial charge in [-0.25, -0.2) is 0 Å². The Balaban J connectivity index is 2.16. The molecular formula is C12H16N2O2. The third-order valence-electron chi connectivity index (χ3n) is 2.92. The Labute approximate surface area is 94.7 Å². The average Bonchev–Trinajstić information content (AvgIpc) is 2.33. The van der Waals surface area contributed by atoms with Crippen molar-refractivity contribution in [3.8, 4) is 5.75 Å². The molecule has 0 bridgehead atoms. The quantitative estimate of drug-likeness (QED) is 0.558. The first kappa shape index (κ1) is 10.8. The molecule has 1 aromatic carbocycles. The van der Waals surface area contributed by atoms with Crippen LogP contribution in [-0.2, 0) is 0 Å². The molecule has 3 N–H and O–H groups in total. The number of hydrogen-bond acceptors (Lipinski definition) is 3. The van der Waals surface area contributed by atoms with Gasteiger partial charge in [-0.2, -0.15) is 0 Å². The van der Waals surface area contributed by atoms with E-state index in [4.69, 9.17) is 5.73 Å². The van der Waals surface area contributed by atoms with Crippen LogP contribution in [0.5, 0.6) is 5.75 Å². The molecule has 86 valence electrons. The predicted molar refractivity (Wildman–Crippen MR) is 62.3 cm³/mol. The Morgan fingerprint density at radius 2 is 1.94 bits per heavy atom. The predicted octanol–water partition coefficient (Wildman–Crippen LogP) is 1.60. The molecule has 0 spiro atoms. The molecule has 16 heavy (non-hydrogen) atoms. The summed E-state index contributed by atoms with van der Waals surface area (Å²) in [5, 5.41) is 9.29. The molecule has 1 amide bonds. The van der Waals surface area contributed by atoms with Gasteiger partial charge in [0.2, 0.25) is 0 Å². The van der Waals surface area contributed by atoms with Crippen LogP contribution in [0.4, 0.5) is 5.69 Å². The van der Waals surface area contributed by atoms with Gasteiger partial charge in [-0.3, -0.25) is 4.79 Å². The molecule has 0 unspecified atom stereocenters. The summed E-state index contributed by atoms with van der Waals surface area (Å²) in [6.45, 7) is 1.64. The molecule has 4 heteroatoms. The summed E-state index contributed by atoms with van der Waals surface area (Å²) in [5.74, 6) is 0.0293. The first-order valence-corrected chi connectivity index (χ1v) is 5.56. The maximum atomic E-state index is 12.1. The monoisotopic (exact) mass is 220 g/mol. The highest BCUT2D eigenvalue weighted by Crippen LogP contribution is 2.22. The number of phenolic OH excluding ortho intramolecular Hbond substituents is 1. The second-order valence-electron chi connectivity index (χ2n) is 4.13. The minimum atomic E-state index is 0.00593. The molecular weight excluding hydrogens is 204 g/mol. The van der Waals surface area contributed by atoms with Gasteiger partial charge >= 0.3 is 0 Å². The summed E-state index contributed by atoms with van der Waals surface area (Å²) in [7, 11) is 0. The Morgan fingerprint density at radius 3 is 2.56 bits per heavy atom. The molecule has 1 heterocycles. The van der Waals surface area contributed by atoms with Crippen LogP contribution in [0.25, 0.3) is 0 Å². The third kappa shape index (κ3) is 2.10. The number of aromatic hydroxyl groups is 1. The highest BCUT2D eigenvalue weighted by molar-refractivity contribution is 5.95. The highest BCUT2D eigenvalue weighted by atomic mass is 16.3. The minimum Gasteiger partial charge on any atom is -0.506 e. The number of likely N-dealkylation sites (tertiary alicyclic amines) is 1. The lowest BCUT2D eigenvalue weighted by Crippen LogP contribution is -2.35. The SMILES string of the molecule is Nc1cc(C(=O)N2CCCCC2)ccc1O. The molecule has 0 saturated carbocycles. The van der Waals surface area contributed by atoms with Crippen molar-refractivity contribution in [2.24, 2.45) is 0 Å². The number of anilines is 1. The Bertz CT molecular complexity index is 398. The fourth-order valence-corrected chi connectivity index (χ4v) is 1.97. The molecule has 1 aromatic rings. The number of benzene rings is 1. The maximum absolute atomic E-state index is 12.1. The van der Waals surface area contributed by atoms with E-state index in [2.05, 4.69) is 0 Å². The second-order valence-corrected chi connectivity index (χ2v) is 4.13. The highest BCUT2D eigenvalue weighted by Gasteiger charge is 2.18. The Hall–Kier alpha value is -1.71. The molecule has 1 aliphatic rings. The number of piperidine rings is 1. The third-order valence-corrected chi connectivity index (χ3v) is 2.92. The standard InChI is InChI=1S/C12H16N2O2/c13-10-8-9(4-5-11(10)15)12(16)14-6-2-1-3-7-14/h4-5,8,15H,1-3,6-7,13H2. The summed E-state index contributed by atoms with van der Waals surface area (Å²) < 4.78 is 0. The van der Waals surface area contributed by atoms with Crippen molar-refractivity contribution in [3.63, 3.8) is 0 Å². The van der Waals surface area contributed by atoms with Crippen molar-refractivity contribution in [1.82, 2.24) is 4.90 Å². The Kier molecular flexibility index (Phi) is 2.99. The Morgan fingerprint density at radius 1 is 1.25 bits per heavy atom. The van der Waals surface area contributed by atoms with Crippen LogP contribution in [-0.4, -0.2) is 29.0 Å². The largest absolute Gasteiger partial charge is 0.506 e. The first-order chi connectivity index (χ1) is 7.68. The summed E-state index contributed by atoms with van der Waals surface area (Å²) in [5.41, 5.74) is 6.37. The maximum Gasteiger partial charge on any atom is 0.253 e. The van der Waals surface area contributed by atoms with Gasteiger partial charge in [0.15, 0.2) is 0 Å². The lowest BCUT2D eigenvalue weighted by molar-refractivity contribution is 0.0724. The topological polar surface area (TPSA) is 66.6 Å². The van der Waals surface area contributed by atoms with E-state index in [-0.39, 0.29) is 17.3 Å². The van der Waals surface area contributed by atoms with Gasteiger partial charge < -0.3 is 15.7 Å². The number of carbonyl (C=O) groups excluding carboxylic acids is 1. The van der Waals surface area contributed by atoms with Crippen LogP contribution in [0.3, 0.4) is 0 Å². The van der Waals surface area contributed by atoms with E-state index in [0.717, 1.165) is 25.9 Å². The molecule has 0 atom stereocenters. The lowest BCUT2D eigenvalue weighted by atomic mass is 10.1. The van der Waals surface area contributed by atoms with Crippen LogP contribution in [0.1, 0.15) is 29.6 Å². The van der Waals surface area contributed by atoms with Gasteiger partial charge in [-0.05, 0) is 37.5 Å². The summed E-state index contributed by atoms with van der Waals surface area (Å²) in [6.07, 6.45) is 3.33. The molecule has 0 aromatic heterocycles. The number of hydrogen-bond donors (Lipinski definition) is 2. The number of phenols is 1. The number of nitrogens with two attached hydrogens (primary N) is 1. The van der Waals surface area contributed by atoms with E-state index < -0.39 is 0 Å². The van der Waals surface area contributed by atoms with Crippen LogP contribution >= 0.6 is 0 Å². The van der Waals surface area contributed by atoms with Gasteiger partial charge in [-0.15, -0.1) is 0 Å².